The molecular formula is C31H42O14. The number of carbonyl (C=O) groups is 6. The van der Waals surface area contributed by atoms with E-state index in [1.807, 2.05) is 0 Å². The van der Waals surface area contributed by atoms with Crippen LogP contribution in [0, 0.1) is 23.2 Å². The molecule has 0 radical (unpaired) electrons. The Labute approximate surface area is 261 Å². The molecule has 12 atom stereocenters. The number of epoxide rings is 1. The standard InChI is InChI=1S/C31H42O14/c1-13-14(2)26-31(38,15(3)28(37)45-26)27(44-20(8)36)25-29(9,22(41-17(5)33)10-21(13)40-16(4)32)23(42-18(6)34)11-24(43-19(7)35)30(25)12-39-30/h14-15,21-27,38H,1,10-12H2,2-9H3. The van der Waals surface area contributed by atoms with Crippen LogP contribution in [-0.2, 0) is 61.9 Å². The molecule has 4 rings (SSSR count). The molecular weight excluding hydrogens is 596 g/mol. The average Bonchev–Trinajstić information content (AvgIpc) is 3.66. The van der Waals surface area contributed by atoms with Crippen molar-refractivity contribution in [2.45, 2.75) is 116 Å². The Morgan fingerprint density at radius 3 is 1.73 bits per heavy atom. The van der Waals surface area contributed by atoms with Crippen molar-refractivity contribution in [1.29, 1.82) is 0 Å². The summed E-state index contributed by atoms with van der Waals surface area (Å²) in [5, 5.41) is 12.8. The third-order valence-corrected chi connectivity index (χ3v) is 9.95. The van der Waals surface area contributed by atoms with E-state index in [0.29, 0.717) is 0 Å². The lowest BCUT2D eigenvalue weighted by Gasteiger charge is -2.58. The number of esters is 6. The highest BCUT2D eigenvalue weighted by Crippen LogP contribution is 2.63. The van der Waals surface area contributed by atoms with Gasteiger partial charge in [-0.15, -0.1) is 0 Å². The molecule has 2 saturated heterocycles. The summed E-state index contributed by atoms with van der Waals surface area (Å²) in [6, 6.07) is 0. The molecule has 0 bridgehead atoms. The molecule has 14 nitrogen and oxygen atoms in total. The molecule has 0 amide bonds. The van der Waals surface area contributed by atoms with E-state index in [0.717, 1.165) is 6.92 Å². The zero-order valence-electron chi connectivity index (χ0n) is 26.8. The highest BCUT2D eigenvalue weighted by Gasteiger charge is 2.79. The maximum Gasteiger partial charge on any atom is 0.312 e. The van der Waals surface area contributed by atoms with E-state index in [4.69, 9.17) is 33.2 Å². The van der Waals surface area contributed by atoms with Crippen molar-refractivity contribution in [3.8, 4) is 0 Å². The van der Waals surface area contributed by atoms with E-state index in [-0.39, 0.29) is 25.0 Å². The molecule has 2 aliphatic heterocycles. The van der Waals surface area contributed by atoms with Crippen LogP contribution in [0.15, 0.2) is 12.2 Å². The Balaban J connectivity index is 2.12. The van der Waals surface area contributed by atoms with Gasteiger partial charge in [0.25, 0.3) is 0 Å². The number of fused-ring (bicyclic) bond motifs is 3. The van der Waals surface area contributed by atoms with Gasteiger partial charge in [-0.05, 0) is 12.5 Å². The lowest BCUT2D eigenvalue weighted by atomic mass is 9.51. The Kier molecular flexibility index (Phi) is 9.17. The van der Waals surface area contributed by atoms with Crippen LogP contribution < -0.4 is 0 Å². The zero-order chi connectivity index (χ0) is 33.8. The predicted octanol–water partition coefficient (Wildman–Crippen LogP) is 1.33. The van der Waals surface area contributed by atoms with Crippen LogP contribution in [0.2, 0.25) is 0 Å². The second-order valence-electron chi connectivity index (χ2n) is 12.8. The second kappa shape index (κ2) is 12.0. The van der Waals surface area contributed by atoms with Crippen molar-refractivity contribution in [2.75, 3.05) is 6.61 Å². The third-order valence-electron chi connectivity index (χ3n) is 9.95. The summed E-state index contributed by atoms with van der Waals surface area (Å²) in [6.45, 7) is 14.6. The van der Waals surface area contributed by atoms with Gasteiger partial charge in [-0.2, -0.15) is 0 Å². The first kappa shape index (κ1) is 34.4. The first-order chi connectivity index (χ1) is 20.8. The van der Waals surface area contributed by atoms with E-state index < -0.39 is 107 Å². The first-order valence-electron chi connectivity index (χ1n) is 14.9. The summed E-state index contributed by atoms with van der Waals surface area (Å²) in [6.07, 6.45) is -8.02. The quantitative estimate of drug-likeness (QED) is 0.196. The van der Waals surface area contributed by atoms with Gasteiger partial charge in [0, 0.05) is 59.3 Å². The Bertz CT molecular complexity index is 1290. The maximum atomic E-state index is 13.3. The monoisotopic (exact) mass is 638 g/mol. The van der Waals surface area contributed by atoms with Gasteiger partial charge in [0.1, 0.15) is 42.2 Å². The van der Waals surface area contributed by atoms with E-state index >= 15 is 0 Å². The minimum atomic E-state index is -2.28. The minimum absolute atomic E-state index is 0.0535. The third kappa shape index (κ3) is 5.82. The Hall–Kier alpha value is -3.52. The summed E-state index contributed by atoms with van der Waals surface area (Å²) >= 11 is 0. The number of carbonyl (C=O) groups excluding carboxylic acids is 6. The van der Waals surface area contributed by atoms with Gasteiger partial charge in [-0.3, -0.25) is 28.8 Å². The summed E-state index contributed by atoms with van der Waals surface area (Å²) in [5.74, 6) is -7.89. The second-order valence-corrected chi connectivity index (χ2v) is 12.8. The molecule has 45 heavy (non-hydrogen) atoms. The zero-order valence-corrected chi connectivity index (χ0v) is 26.8. The smallest absolute Gasteiger partial charge is 0.312 e. The molecule has 0 aromatic rings. The fourth-order valence-electron chi connectivity index (χ4n) is 7.80. The molecule has 2 aliphatic carbocycles. The fraction of sp³-hybridized carbons (Fsp3) is 0.742. The SMILES string of the molecule is C=C1C(OC(C)=O)CC(OC(C)=O)C2(C)C(OC(C)=O)CC(OC(C)=O)C3(CO3)C2C(OC(C)=O)C2(O)C(C)C(=O)OC2C1C. The predicted molar refractivity (Wildman–Crippen MR) is 150 cm³/mol. The molecule has 4 aliphatic rings. The van der Waals surface area contributed by atoms with E-state index in [1.165, 1.54) is 34.6 Å². The van der Waals surface area contributed by atoms with E-state index in [2.05, 4.69) is 6.58 Å². The van der Waals surface area contributed by atoms with Gasteiger partial charge in [0.2, 0.25) is 0 Å². The number of ether oxygens (including phenoxy) is 7. The molecule has 2 saturated carbocycles. The molecule has 0 aromatic carbocycles. The van der Waals surface area contributed by atoms with Crippen LogP contribution in [-0.4, -0.2) is 95.4 Å². The highest BCUT2D eigenvalue weighted by atomic mass is 16.6. The lowest BCUT2D eigenvalue weighted by molar-refractivity contribution is -0.264. The van der Waals surface area contributed by atoms with Gasteiger partial charge in [0.05, 0.1) is 17.9 Å². The number of hydrogen-bond donors (Lipinski definition) is 1. The number of hydrogen-bond acceptors (Lipinski definition) is 14. The summed E-state index contributed by atoms with van der Waals surface area (Å²) < 4.78 is 41.0. The van der Waals surface area contributed by atoms with E-state index in [9.17, 15) is 33.9 Å². The molecule has 1 spiro atoms. The topological polar surface area (TPSA) is 191 Å². The van der Waals surface area contributed by atoms with Crippen molar-refractivity contribution in [3.05, 3.63) is 12.2 Å². The highest BCUT2D eigenvalue weighted by molar-refractivity contribution is 5.77. The number of rotatable bonds is 5. The van der Waals surface area contributed by atoms with Gasteiger partial charge in [-0.25, -0.2) is 0 Å². The van der Waals surface area contributed by atoms with Crippen molar-refractivity contribution in [2.24, 2.45) is 23.2 Å². The molecule has 4 fully saturated rings. The van der Waals surface area contributed by atoms with Crippen LogP contribution in [0.5, 0.6) is 0 Å². The van der Waals surface area contributed by atoms with Crippen molar-refractivity contribution in [1.82, 2.24) is 0 Å². The van der Waals surface area contributed by atoms with Gasteiger partial charge in [0.15, 0.2) is 5.60 Å². The van der Waals surface area contributed by atoms with Gasteiger partial charge < -0.3 is 38.3 Å². The lowest BCUT2D eigenvalue weighted by Crippen LogP contribution is -2.73. The summed E-state index contributed by atoms with van der Waals surface area (Å²) in [4.78, 5) is 76.1. The fourth-order valence-corrected chi connectivity index (χ4v) is 7.80. The molecule has 12 unspecified atom stereocenters. The molecule has 0 aromatic heterocycles. The molecule has 250 valence electrons. The van der Waals surface area contributed by atoms with Crippen LogP contribution in [0.3, 0.4) is 0 Å². The van der Waals surface area contributed by atoms with Crippen molar-refractivity contribution < 1.29 is 67.0 Å². The van der Waals surface area contributed by atoms with E-state index in [1.54, 1.807) is 13.8 Å². The minimum Gasteiger partial charge on any atom is -0.462 e. The maximum absolute atomic E-state index is 13.3. The van der Waals surface area contributed by atoms with Crippen LogP contribution in [0.1, 0.15) is 68.2 Å². The average molecular weight is 639 g/mol. The summed E-state index contributed by atoms with van der Waals surface area (Å²) in [7, 11) is 0. The van der Waals surface area contributed by atoms with Crippen LogP contribution >= 0.6 is 0 Å². The van der Waals surface area contributed by atoms with Gasteiger partial charge >= 0.3 is 35.8 Å². The number of aliphatic hydroxyl groups is 1. The Morgan fingerprint density at radius 2 is 1.27 bits per heavy atom. The van der Waals surface area contributed by atoms with Gasteiger partial charge in [-0.1, -0.05) is 20.4 Å². The van der Waals surface area contributed by atoms with Crippen molar-refractivity contribution in [3.63, 3.8) is 0 Å². The normalized spacial score (nSPS) is 42.3. The van der Waals surface area contributed by atoms with Crippen LogP contribution in [0.25, 0.3) is 0 Å². The van der Waals surface area contributed by atoms with Crippen molar-refractivity contribution >= 4 is 35.8 Å². The Morgan fingerprint density at radius 1 is 0.800 bits per heavy atom. The first-order valence-corrected chi connectivity index (χ1v) is 14.9. The molecule has 14 heteroatoms. The molecule has 1 N–H and O–H groups in total. The summed E-state index contributed by atoms with van der Waals surface area (Å²) in [5.41, 5.74) is -5.12. The van der Waals surface area contributed by atoms with Crippen LogP contribution in [0.4, 0.5) is 0 Å². The molecule has 2 heterocycles. The largest absolute Gasteiger partial charge is 0.462 e.